The number of carboxylic acid groups (broad SMARTS) is 1. The number of rotatable bonds is 10. The van der Waals surface area contributed by atoms with E-state index in [1.165, 1.54) is 5.57 Å². The number of aliphatic hydroxyl groups is 2. The maximum absolute atomic E-state index is 10.7. The fourth-order valence-electron chi connectivity index (χ4n) is 5.34. The van der Waals surface area contributed by atoms with Gasteiger partial charge in [0, 0.05) is 6.42 Å². The molecule has 3 N–H and O–H groups in total. The second-order valence-electron chi connectivity index (χ2n) is 8.47. The molecule has 0 spiro atoms. The highest BCUT2D eigenvalue weighted by Crippen LogP contribution is 2.53. The Morgan fingerprint density at radius 1 is 1.38 bits per heavy atom. The summed E-state index contributed by atoms with van der Waals surface area (Å²) in [6, 6.07) is 0. The summed E-state index contributed by atoms with van der Waals surface area (Å²) in [5, 5.41) is 29.5. The number of allylic oxidation sites excluding steroid dienone is 2. The summed E-state index contributed by atoms with van der Waals surface area (Å²) in [4.78, 5) is 10.6. The van der Waals surface area contributed by atoms with E-state index in [0.717, 1.165) is 38.5 Å². The van der Waals surface area contributed by atoms with Crippen molar-refractivity contribution >= 4 is 5.97 Å². The number of hydrogen-bond acceptors (Lipinski definition) is 3. The number of fused-ring (bicyclic) bond motifs is 1. The Balaban J connectivity index is 1.97. The van der Waals surface area contributed by atoms with Crippen LogP contribution in [0, 0.1) is 29.6 Å². The number of carbonyl (C=O) groups is 1. The van der Waals surface area contributed by atoms with Crippen LogP contribution >= 0.6 is 0 Å². The van der Waals surface area contributed by atoms with Gasteiger partial charge in [-0.3, -0.25) is 4.79 Å². The summed E-state index contributed by atoms with van der Waals surface area (Å²) >= 11 is 0. The van der Waals surface area contributed by atoms with E-state index in [2.05, 4.69) is 26.5 Å². The van der Waals surface area contributed by atoms with Crippen LogP contribution in [0.5, 0.6) is 0 Å². The number of carboxylic acids is 1. The van der Waals surface area contributed by atoms with Crippen molar-refractivity contribution in [2.45, 2.75) is 77.4 Å². The molecule has 7 atom stereocenters. The molecule has 148 valence electrons. The maximum atomic E-state index is 10.7. The topological polar surface area (TPSA) is 77.8 Å². The molecule has 2 fully saturated rings. The van der Waals surface area contributed by atoms with Crippen LogP contribution < -0.4 is 0 Å². The Kier molecular flexibility index (Phi) is 7.90. The van der Waals surface area contributed by atoms with Crippen molar-refractivity contribution in [3.8, 4) is 0 Å². The van der Waals surface area contributed by atoms with Crippen LogP contribution in [0.2, 0.25) is 0 Å². The molecule has 4 heteroatoms. The number of unbranched alkanes of at least 4 members (excludes halogenated alkanes) is 1. The summed E-state index contributed by atoms with van der Waals surface area (Å²) in [6.45, 7) is 7.95. The second kappa shape index (κ2) is 9.70. The Bertz CT molecular complexity index is 512. The molecule has 0 aliphatic heterocycles. The van der Waals surface area contributed by atoms with Crippen LogP contribution in [-0.4, -0.2) is 33.5 Å². The van der Waals surface area contributed by atoms with Gasteiger partial charge < -0.3 is 15.3 Å². The molecule has 0 aromatic heterocycles. The van der Waals surface area contributed by atoms with E-state index >= 15 is 0 Å². The Morgan fingerprint density at radius 2 is 2.12 bits per heavy atom. The van der Waals surface area contributed by atoms with Gasteiger partial charge in [0.25, 0.3) is 0 Å². The van der Waals surface area contributed by atoms with Gasteiger partial charge in [-0.2, -0.15) is 0 Å². The van der Waals surface area contributed by atoms with E-state index < -0.39 is 12.1 Å². The number of aliphatic hydroxyl groups excluding tert-OH is 2. The van der Waals surface area contributed by atoms with Crippen molar-refractivity contribution in [2.75, 3.05) is 0 Å². The SMILES string of the molecule is C=C[C@@H](O)[C@H](C)C[C@@H](CC)[C@@H]1[C@H]2C/C(=C/CCCC(=O)O)C[C@H]2C[C@H]1O. The molecule has 2 rings (SSSR count). The minimum Gasteiger partial charge on any atom is -0.481 e. The molecule has 0 saturated heterocycles. The standard InChI is InChI=1S/C22H36O4/c1-4-16(10-14(3)19(23)5-2)22-18-12-15(8-6-7-9-21(25)26)11-17(18)13-20(22)24/h5,8,14,16-20,22-24H,2,4,6-7,9-13H2,1,3H3,(H,25,26)/b15-8+/t14-,16-,17+,18+,19-,20-,22-/m1/s1. The van der Waals surface area contributed by atoms with Crippen molar-refractivity contribution < 1.29 is 20.1 Å². The molecular weight excluding hydrogens is 328 g/mol. The van der Waals surface area contributed by atoms with Crippen LogP contribution in [0.15, 0.2) is 24.3 Å². The predicted octanol–water partition coefficient (Wildman–Crippen LogP) is 4.17. The minimum absolute atomic E-state index is 0.163. The van der Waals surface area contributed by atoms with E-state index in [0.29, 0.717) is 30.1 Å². The summed E-state index contributed by atoms with van der Waals surface area (Å²) in [5.41, 5.74) is 1.45. The summed E-state index contributed by atoms with van der Waals surface area (Å²) < 4.78 is 0. The Hall–Kier alpha value is -1.13. The average Bonchev–Trinajstić information content (AvgIpc) is 3.11. The fraction of sp³-hybridized carbons (Fsp3) is 0.773. The smallest absolute Gasteiger partial charge is 0.303 e. The van der Waals surface area contributed by atoms with E-state index in [9.17, 15) is 15.0 Å². The molecule has 2 saturated carbocycles. The van der Waals surface area contributed by atoms with Crippen molar-refractivity contribution in [3.05, 3.63) is 24.3 Å². The van der Waals surface area contributed by atoms with Crippen molar-refractivity contribution in [2.24, 2.45) is 29.6 Å². The quantitative estimate of drug-likeness (QED) is 0.401. The highest BCUT2D eigenvalue weighted by atomic mass is 16.4. The van der Waals surface area contributed by atoms with Gasteiger partial charge in [-0.05, 0) is 68.1 Å². The van der Waals surface area contributed by atoms with E-state index in [1.54, 1.807) is 6.08 Å². The fourth-order valence-corrected chi connectivity index (χ4v) is 5.34. The zero-order valence-corrected chi connectivity index (χ0v) is 16.3. The molecule has 0 heterocycles. The molecule has 26 heavy (non-hydrogen) atoms. The monoisotopic (exact) mass is 364 g/mol. The van der Waals surface area contributed by atoms with Crippen LogP contribution in [0.1, 0.15) is 65.2 Å². The molecule has 0 aromatic carbocycles. The molecule has 2 aliphatic rings. The van der Waals surface area contributed by atoms with Gasteiger partial charge >= 0.3 is 5.97 Å². The minimum atomic E-state index is -0.725. The first-order valence-electron chi connectivity index (χ1n) is 10.3. The lowest BCUT2D eigenvalue weighted by Gasteiger charge is -2.32. The third kappa shape index (κ3) is 5.20. The summed E-state index contributed by atoms with van der Waals surface area (Å²) in [7, 11) is 0. The molecular formula is C22H36O4. The predicted molar refractivity (Wildman–Crippen MR) is 104 cm³/mol. The molecule has 4 nitrogen and oxygen atoms in total. The molecule has 0 bridgehead atoms. The first kappa shape index (κ1) is 21.2. The first-order valence-corrected chi connectivity index (χ1v) is 10.3. The lowest BCUT2D eigenvalue weighted by Crippen LogP contribution is -2.30. The van der Waals surface area contributed by atoms with E-state index in [1.807, 2.05) is 0 Å². The highest BCUT2D eigenvalue weighted by Gasteiger charge is 2.48. The first-order chi connectivity index (χ1) is 12.4. The van der Waals surface area contributed by atoms with Crippen LogP contribution in [0.3, 0.4) is 0 Å². The lowest BCUT2D eigenvalue weighted by molar-refractivity contribution is -0.137. The maximum Gasteiger partial charge on any atom is 0.303 e. The summed E-state index contributed by atoms with van der Waals surface area (Å²) in [5.74, 6) is 1.28. The van der Waals surface area contributed by atoms with Gasteiger partial charge in [0.2, 0.25) is 0 Å². The van der Waals surface area contributed by atoms with Gasteiger partial charge in [0.1, 0.15) is 0 Å². The van der Waals surface area contributed by atoms with Crippen molar-refractivity contribution in [3.63, 3.8) is 0 Å². The second-order valence-corrected chi connectivity index (χ2v) is 8.47. The van der Waals surface area contributed by atoms with Gasteiger partial charge in [-0.15, -0.1) is 6.58 Å². The average molecular weight is 365 g/mol. The van der Waals surface area contributed by atoms with Crippen LogP contribution in [0.25, 0.3) is 0 Å². The van der Waals surface area contributed by atoms with Crippen molar-refractivity contribution in [1.29, 1.82) is 0 Å². The Labute approximate surface area is 158 Å². The van der Waals surface area contributed by atoms with E-state index in [4.69, 9.17) is 5.11 Å². The molecule has 0 unspecified atom stereocenters. The van der Waals surface area contributed by atoms with E-state index in [-0.39, 0.29) is 18.4 Å². The molecule has 0 amide bonds. The molecule has 0 aromatic rings. The number of hydrogen-bond donors (Lipinski definition) is 3. The van der Waals surface area contributed by atoms with Gasteiger partial charge in [0.15, 0.2) is 0 Å². The van der Waals surface area contributed by atoms with Crippen LogP contribution in [-0.2, 0) is 4.79 Å². The Morgan fingerprint density at radius 3 is 2.73 bits per heavy atom. The van der Waals surface area contributed by atoms with Gasteiger partial charge in [-0.1, -0.05) is 38.0 Å². The van der Waals surface area contributed by atoms with Crippen LogP contribution in [0.4, 0.5) is 0 Å². The number of aliphatic carboxylic acids is 1. The van der Waals surface area contributed by atoms with Crippen molar-refractivity contribution in [1.82, 2.24) is 0 Å². The zero-order chi connectivity index (χ0) is 19.3. The van der Waals surface area contributed by atoms with Gasteiger partial charge in [-0.25, -0.2) is 0 Å². The third-order valence-electron chi connectivity index (χ3n) is 6.71. The molecule has 2 aliphatic carbocycles. The normalized spacial score (nSPS) is 33.0. The molecule has 0 radical (unpaired) electrons. The highest BCUT2D eigenvalue weighted by molar-refractivity contribution is 5.66. The third-order valence-corrected chi connectivity index (χ3v) is 6.71. The summed E-state index contributed by atoms with van der Waals surface area (Å²) in [6.07, 6.45) is 9.88. The largest absolute Gasteiger partial charge is 0.481 e. The lowest BCUT2D eigenvalue weighted by atomic mass is 9.75. The zero-order valence-electron chi connectivity index (χ0n) is 16.3. The van der Waals surface area contributed by atoms with Gasteiger partial charge in [0.05, 0.1) is 12.2 Å².